The third kappa shape index (κ3) is 4.39. The van der Waals surface area contributed by atoms with Crippen molar-refractivity contribution in [2.75, 3.05) is 11.9 Å². The topological polar surface area (TPSA) is 76.4 Å². The summed E-state index contributed by atoms with van der Waals surface area (Å²) in [5.74, 6) is 1.29. The van der Waals surface area contributed by atoms with Crippen molar-refractivity contribution in [3.8, 4) is 5.75 Å². The fraction of sp³-hybridized carbons (Fsp3) is 0.333. The number of benzene rings is 1. The molecule has 1 aromatic heterocycles. The fourth-order valence-corrected chi connectivity index (χ4v) is 1.98. The van der Waals surface area contributed by atoms with Crippen LogP contribution in [-0.2, 0) is 6.54 Å². The highest BCUT2D eigenvalue weighted by molar-refractivity contribution is 6.32. The number of nitrogens with one attached hydrogen (secondary N) is 2. The number of rotatable bonds is 6. The molecule has 0 saturated heterocycles. The van der Waals surface area contributed by atoms with Gasteiger partial charge in [-0.3, -0.25) is 0 Å². The van der Waals surface area contributed by atoms with Gasteiger partial charge in [-0.15, -0.1) is 0 Å². The Bertz CT molecular complexity index is 643. The highest BCUT2D eigenvalue weighted by Gasteiger charge is 2.08. The minimum atomic E-state index is -0.347. The van der Waals surface area contributed by atoms with Crippen LogP contribution < -0.4 is 15.4 Å². The number of hydrogen-bond donors (Lipinski definition) is 2. The standard InChI is InChI=1S/C15H18ClN3O3/c1-3-6-21-14-5-4-11(7-12(14)16)19-15(20)17-8-13-10(2)22-9-18-13/h4-5,7,9H,3,6,8H2,1-2H3,(H2,17,19,20). The first kappa shape index (κ1) is 16.2. The number of nitrogens with zero attached hydrogens (tertiary/aromatic N) is 1. The number of oxazole rings is 1. The summed E-state index contributed by atoms with van der Waals surface area (Å²) in [4.78, 5) is 15.8. The zero-order chi connectivity index (χ0) is 15.9. The van der Waals surface area contributed by atoms with Gasteiger partial charge in [0.2, 0.25) is 0 Å². The molecule has 0 aliphatic rings. The van der Waals surface area contributed by atoms with Crippen LogP contribution in [-0.4, -0.2) is 17.6 Å². The van der Waals surface area contributed by atoms with Crippen LogP contribution in [0.2, 0.25) is 5.02 Å². The maximum Gasteiger partial charge on any atom is 0.319 e. The molecular formula is C15H18ClN3O3. The molecule has 6 nitrogen and oxygen atoms in total. The molecule has 1 heterocycles. The van der Waals surface area contributed by atoms with E-state index in [1.807, 2.05) is 6.92 Å². The van der Waals surface area contributed by atoms with Crippen molar-refractivity contribution >= 4 is 23.3 Å². The van der Waals surface area contributed by atoms with Crippen LogP contribution in [0.25, 0.3) is 0 Å². The zero-order valence-electron chi connectivity index (χ0n) is 12.5. The number of hydrogen-bond acceptors (Lipinski definition) is 4. The lowest BCUT2D eigenvalue weighted by Crippen LogP contribution is -2.28. The summed E-state index contributed by atoms with van der Waals surface area (Å²) in [5.41, 5.74) is 1.28. The number of carbonyl (C=O) groups is 1. The number of aromatic nitrogens is 1. The van der Waals surface area contributed by atoms with Crippen molar-refractivity contribution in [2.24, 2.45) is 0 Å². The van der Waals surface area contributed by atoms with E-state index in [0.29, 0.717) is 41.1 Å². The second-order valence-electron chi connectivity index (χ2n) is 4.66. The Morgan fingerprint density at radius 1 is 1.45 bits per heavy atom. The SMILES string of the molecule is CCCOc1ccc(NC(=O)NCc2ncoc2C)cc1Cl. The largest absolute Gasteiger partial charge is 0.492 e. The van der Waals surface area contributed by atoms with Crippen molar-refractivity contribution in [2.45, 2.75) is 26.8 Å². The predicted molar refractivity (Wildman–Crippen MR) is 84.3 cm³/mol. The molecule has 0 aliphatic heterocycles. The van der Waals surface area contributed by atoms with Gasteiger partial charge in [-0.25, -0.2) is 9.78 Å². The molecule has 0 unspecified atom stereocenters. The summed E-state index contributed by atoms with van der Waals surface area (Å²) in [6.45, 7) is 4.70. The minimum absolute atomic E-state index is 0.291. The minimum Gasteiger partial charge on any atom is -0.492 e. The smallest absolute Gasteiger partial charge is 0.319 e. The third-order valence-electron chi connectivity index (χ3n) is 2.91. The highest BCUT2D eigenvalue weighted by atomic mass is 35.5. The number of anilines is 1. The van der Waals surface area contributed by atoms with Crippen molar-refractivity contribution < 1.29 is 13.9 Å². The number of amides is 2. The van der Waals surface area contributed by atoms with Gasteiger partial charge in [-0.05, 0) is 31.5 Å². The molecule has 0 atom stereocenters. The Kier molecular flexibility index (Phi) is 5.66. The first-order valence-corrected chi connectivity index (χ1v) is 7.34. The Hall–Kier alpha value is -2.21. The van der Waals surface area contributed by atoms with E-state index >= 15 is 0 Å². The highest BCUT2D eigenvalue weighted by Crippen LogP contribution is 2.27. The van der Waals surface area contributed by atoms with Gasteiger partial charge in [0, 0.05) is 5.69 Å². The Morgan fingerprint density at radius 2 is 2.27 bits per heavy atom. The first-order valence-electron chi connectivity index (χ1n) is 6.96. The van der Waals surface area contributed by atoms with Crippen molar-refractivity contribution in [1.29, 1.82) is 0 Å². The van der Waals surface area contributed by atoms with E-state index < -0.39 is 0 Å². The molecule has 2 rings (SSSR count). The lowest BCUT2D eigenvalue weighted by molar-refractivity contribution is 0.251. The van der Waals surface area contributed by atoms with Gasteiger partial charge in [0.15, 0.2) is 6.39 Å². The van der Waals surface area contributed by atoms with Crippen molar-refractivity contribution in [3.63, 3.8) is 0 Å². The number of halogens is 1. The average molecular weight is 324 g/mol. The molecule has 0 radical (unpaired) electrons. The maximum absolute atomic E-state index is 11.8. The van der Waals surface area contributed by atoms with Gasteiger partial charge in [0.1, 0.15) is 17.2 Å². The van der Waals surface area contributed by atoms with E-state index in [9.17, 15) is 4.79 Å². The van der Waals surface area contributed by atoms with E-state index in [1.165, 1.54) is 6.39 Å². The molecule has 0 bridgehead atoms. The molecule has 2 amide bonds. The zero-order valence-corrected chi connectivity index (χ0v) is 13.2. The second kappa shape index (κ2) is 7.70. The number of urea groups is 1. The molecular weight excluding hydrogens is 306 g/mol. The number of ether oxygens (including phenoxy) is 1. The summed E-state index contributed by atoms with van der Waals surface area (Å²) in [6.07, 6.45) is 2.25. The number of carbonyl (C=O) groups excluding carboxylic acids is 1. The first-order chi connectivity index (χ1) is 10.6. The molecule has 2 aromatic rings. The second-order valence-corrected chi connectivity index (χ2v) is 5.06. The van der Waals surface area contributed by atoms with Gasteiger partial charge >= 0.3 is 6.03 Å². The van der Waals surface area contributed by atoms with E-state index in [1.54, 1.807) is 25.1 Å². The Labute approximate surface area is 133 Å². The van der Waals surface area contributed by atoms with E-state index in [4.69, 9.17) is 20.8 Å². The summed E-state index contributed by atoms with van der Waals surface area (Å²) in [7, 11) is 0. The van der Waals surface area contributed by atoms with Crippen LogP contribution in [0.5, 0.6) is 5.75 Å². The van der Waals surface area contributed by atoms with Crippen LogP contribution in [0.1, 0.15) is 24.8 Å². The monoisotopic (exact) mass is 323 g/mol. The molecule has 22 heavy (non-hydrogen) atoms. The lowest BCUT2D eigenvalue weighted by Gasteiger charge is -2.10. The van der Waals surface area contributed by atoms with Crippen molar-refractivity contribution in [1.82, 2.24) is 10.3 Å². The Balaban J connectivity index is 1.88. The van der Waals surface area contributed by atoms with Crippen LogP contribution in [0, 0.1) is 6.92 Å². The van der Waals surface area contributed by atoms with Gasteiger partial charge in [-0.1, -0.05) is 18.5 Å². The molecule has 0 spiro atoms. The summed E-state index contributed by atoms with van der Waals surface area (Å²) in [5, 5.41) is 5.85. The summed E-state index contributed by atoms with van der Waals surface area (Å²) >= 11 is 6.11. The number of aryl methyl sites for hydroxylation is 1. The van der Waals surface area contributed by atoms with Crippen LogP contribution in [0.15, 0.2) is 29.0 Å². The molecule has 0 fully saturated rings. The summed E-state index contributed by atoms with van der Waals surface area (Å²) < 4.78 is 10.5. The van der Waals surface area contributed by atoms with E-state index in [-0.39, 0.29) is 6.03 Å². The van der Waals surface area contributed by atoms with E-state index in [2.05, 4.69) is 15.6 Å². The van der Waals surface area contributed by atoms with E-state index in [0.717, 1.165) is 6.42 Å². The predicted octanol–water partition coefficient (Wildman–Crippen LogP) is 3.75. The molecule has 7 heteroatoms. The Morgan fingerprint density at radius 3 is 2.91 bits per heavy atom. The molecule has 0 saturated carbocycles. The molecule has 2 N–H and O–H groups in total. The third-order valence-corrected chi connectivity index (χ3v) is 3.21. The quantitative estimate of drug-likeness (QED) is 0.849. The maximum atomic E-state index is 11.8. The van der Waals surface area contributed by atoms with Crippen LogP contribution in [0.3, 0.4) is 0 Å². The van der Waals surface area contributed by atoms with Gasteiger partial charge in [0.05, 0.1) is 18.2 Å². The average Bonchev–Trinajstić information content (AvgIpc) is 2.90. The van der Waals surface area contributed by atoms with Gasteiger partial charge in [-0.2, -0.15) is 0 Å². The van der Waals surface area contributed by atoms with Crippen molar-refractivity contribution in [3.05, 3.63) is 41.1 Å². The molecule has 1 aromatic carbocycles. The molecule has 118 valence electrons. The summed E-state index contributed by atoms with van der Waals surface area (Å²) in [6, 6.07) is 4.77. The van der Waals surface area contributed by atoms with Crippen LogP contribution >= 0.6 is 11.6 Å². The van der Waals surface area contributed by atoms with Crippen LogP contribution in [0.4, 0.5) is 10.5 Å². The molecule has 0 aliphatic carbocycles. The normalized spacial score (nSPS) is 10.3. The van der Waals surface area contributed by atoms with Gasteiger partial charge < -0.3 is 19.8 Å². The van der Waals surface area contributed by atoms with Gasteiger partial charge in [0.25, 0.3) is 0 Å². The lowest BCUT2D eigenvalue weighted by atomic mass is 10.3. The fourth-order valence-electron chi connectivity index (χ4n) is 1.75.